The van der Waals surface area contributed by atoms with Crippen LogP contribution in [0.3, 0.4) is 0 Å². The first-order valence-electron chi connectivity index (χ1n) is 6.43. The number of hydrogen-bond donors (Lipinski definition) is 2. The third kappa shape index (κ3) is 4.38. The Labute approximate surface area is 132 Å². The zero-order valence-corrected chi connectivity index (χ0v) is 14.0. The average Bonchev–Trinajstić information content (AvgIpc) is 2.46. The van der Waals surface area contributed by atoms with Crippen LogP contribution in [0.5, 0.6) is 0 Å². The van der Waals surface area contributed by atoms with Crippen molar-refractivity contribution in [3.05, 3.63) is 29.3 Å². The van der Waals surface area contributed by atoms with Crippen molar-refractivity contribution in [3.63, 3.8) is 0 Å². The van der Waals surface area contributed by atoms with Crippen molar-refractivity contribution < 1.29 is 18.3 Å². The molecular formula is C13H17NO4S3. The highest BCUT2D eigenvalue weighted by molar-refractivity contribution is 8.06. The minimum absolute atomic E-state index is 0.000961. The van der Waals surface area contributed by atoms with Crippen LogP contribution in [0, 0.1) is 6.92 Å². The SMILES string of the molecule is Cc1ccc(S(=O)(=O)NCC2CSCCS2)cc1C(=O)O. The molecule has 1 aliphatic heterocycles. The number of carbonyl (C=O) groups is 1. The highest BCUT2D eigenvalue weighted by atomic mass is 32.2. The molecule has 1 unspecified atom stereocenters. The first-order valence-corrected chi connectivity index (χ1v) is 10.1. The third-order valence-corrected chi connectivity index (χ3v) is 7.40. The van der Waals surface area contributed by atoms with Gasteiger partial charge in [-0.25, -0.2) is 17.9 Å². The van der Waals surface area contributed by atoms with Gasteiger partial charge in [0.05, 0.1) is 10.5 Å². The molecule has 0 spiro atoms. The fourth-order valence-corrected chi connectivity index (χ4v) is 5.76. The maximum atomic E-state index is 12.2. The molecule has 0 amide bonds. The molecule has 1 aliphatic rings. The predicted octanol–water partition coefficient (Wildman–Crippen LogP) is 1.82. The van der Waals surface area contributed by atoms with Crippen LogP contribution in [0.1, 0.15) is 15.9 Å². The minimum Gasteiger partial charge on any atom is -0.478 e. The summed E-state index contributed by atoms with van der Waals surface area (Å²) in [5.41, 5.74) is 0.557. The molecule has 1 atom stereocenters. The van der Waals surface area contributed by atoms with Crippen molar-refractivity contribution in [2.24, 2.45) is 0 Å². The van der Waals surface area contributed by atoms with Gasteiger partial charge in [0.25, 0.3) is 0 Å². The highest BCUT2D eigenvalue weighted by Gasteiger charge is 2.21. The molecule has 0 aliphatic carbocycles. The van der Waals surface area contributed by atoms with Gasteiger partial charge in [-0.1, -0.05) is 6.07 Å². The molecule has 1 aromatic rings. The van der Waals surface area contributed by atoms with Gasteiger partial charge < -0.3 is 5.11 Å². The Morgan fingerprint density at radius 3 is 2.81 bits per heavy atom. The van der Waals surface area contributed by atoms with Gasteiger partial charge >= 0.3 is 5.97 Å². The highest BCUT2D eigenvalue weighted by Crippen LogP contribution is 2.24. The smallest absolute Gasteiger partial charge is 0.335 e. The van der Waals surface area contributed by atoms with Gasteiger partial charge in [0, 0.05) is 29.1 Å². The van der Waals surface area contributed by atoms with E-state index in [0.717, 1.165) is 17.3 Å². The van der Waals surface area contributed by atoms with E-state index in [-0.39, 0.29) is 15.7 Å². The minimum atomic E-state index is -3.67. The molecule has 0 saturated carbocycles. The van der Waals surface area contributed by atoms with Gasteiger partial charge in [0.15, 0.2) is 0 Å². The van der Waals surface area contributed by atoms with Crippen LogP contribution in [0.25, 0.3) is 0 Å². The van der Waals surface area contributed by atoms with E-state index in [9.17, 15) is 13.2 Å². The molecule has 8 heteroatoms. The monoisotopic (exact) mass is 347 g/mol. The summed E-state index contributed by atoms with van der Waals surface area (Å²) < 4.78 is 27.1. The van der Waals surface area contributed by atoms with Crippen LogP contribution in [-0.2, 0) is 10.0 Å². The van der Waals surface area contributed by atoms with Crippen molar-refractivity contribution in [3.8, 4) is 0 Å². The molecule has 1 fully saturated rings. The van der Waals surface area contributed by atoms with Crippen LogP contribution in [-0.4, -0.2) is 48.5 Å². The Balaban J connectivity index is 2.11. The molecule has 2 N–H and O–H groups in total. The lowest BCUT2D eigenvalue weighted by molar-refractivity contribution is 0.0696. The fraction of sp³-hybridized carbons (Fsp3) is 0.462. The summed E-state index contributed by atoms with van der Waals surface area (Å²) in [6.07, 6.45) is 0. The van der Waals surface area contributed by atoms with Gasteiger partial charge in [-0.15, -0.1) is 0 Å². The fourth-order valence-electron chi connectivity index (χ4n) is 1.94. The average molecular weight is 347 g/mol. The van der Waals surface area contributed by atoms with E-state index in [4.69, 9.17) is 5.11 Å². The lowest BCUT2D eigenvalue weighted by atomic mass is 10.1. The zero-order chi connectivity index (χ0) is 15.5. The number of carboxylic acid groups (broad SMARTS) is 1. The summed E-state index contributed by atoms with van der Waals surface area (Å²) in [4.78, 5) is 11.1. The Morgan fingerprint density at radius 2 is 2.19 bits per heavy atom. The second-order valence-electron chi connectivity index (χ2n) is 4.70. The summed E-state index contributed by atoms with van der Waals surface area (Å²) in [6.45, 7) is 2.01. The van der Waals surface area contributed by atoms with Crippen LogP contribution in [0.4, 0.5) is 0 Å². The third-order valence-electron chi connectivity index (χ3n) is 3.14. The topological polar surface area (TPSA) is 83.5 Å². The van der Waals surface area contributed by atoms with E-state index in [1.807, 2.05) is 11.8 Å². The van der Waals surface area contributed by atoms with E-state index >= 15 is 0 Å². The predicted molar refractivity (Wildman–Crippen MR) is 86.9 cm³/mol. The van der Waals surface area contributed by atoms with Crippen LogP contribution in [0.2, 0.25) is 0 Å². The molecule has 0 bridgehead atoms. The van der Waals surface area contributed by atoms with Crippen molar-refractivity contribution >= 4 is 39.5 Å². The lowest BCUT2D eigenvalue weighted by Gasteiger charge is -2.21. The van der Waals surface area contributed by atoms with Gasteiger partial charge in [-0.05, 0) is 24.6 Å². The summed E-state index contributed by atoms with van der Waals surface area (Å²) in [5, 5.41) is 9.33. The standard InChI is InChI=1S/C13H17NO4S3/c1-9-2-3-11(6-12(9)13(15)16)21(17,18)14-7-10-8-19-4-5-20-10/h2-3,6,10,14H,4-5,7-8H2,1H3,(H,15,16). The number of rotatable bonds is 5. The summed E-state index contributed by atoms with van der Waals surface area (Å²) >= 11 is 3.59. The Kier molecular flexibility index (Phi) is 5.59. The lowest BCUT2D eigenvalue weighted by Crippen LogP contribution is -2.33. The van der Waals surface area contributed by atoms with E-state index in [1.54, 1.807) is 18.7 Å². The number of sulfonamides is 1. The molecule has 116 valence electrons. The first-order chi connectivity index (χ1) is 9.90. The molecule has 5 nitrogen and oxygen atoms in total. The van der Waals surface area contributed by atoms with Crippen molar-refractivity contribution in [1.82, 2.24) is 4.72 Å². The molecule has 21 heavy (non-hydrogen) atoms. The maximum absolute atomic E-state index is 12.2. The van der Waals surface area contributed by atoms with Gasteiger partial charge in [-0.3, -0.25) is 0 Å². The van der Waals surface area contributed by atoms with E-state index < -0.39 is 16.0 Å². The van der Waals surface area contributed by atoms with Crippen LogP contribution >= 0.6 is 23.5 Å². The van der Waals surface area contributed by atoms with Crippen LogP contribution < -0.4 is 4.72 Å². The molecular weight excluding hydrogens is 330 g/mol. The molecule has 2 rings (SSSR count). The number of carboxylic acids is 1. The van der Waals surface area contributed by atoms with E-state index in [0.29, 0.717) is 12.1 Å². The number of thioether (sulfide) groups is 2. The zero-order valence-electron chi connectivity index (χ0n) is 11.5. The van der Waals surface area contributed by atoms with E-state index in [1.165, 1.54) is 18.2 Å². The Bertz CT molecular complexity index is 624. The number of nitrogens with one attached hydrogen (secondary N) is 1. The molecule has 0 radical (unpaired) electrons. The Morgan fingerprint density at radius 1 is 1.43 bits per heavy atom. The normalized spacial score (nSPS) is 19.4. The second kappa shape index (κ2) is 7.04. The van der Waals surface area contributed by atoms with Crippen molar-refractivity contribution in [2.45, 2.75) is 17.1 Å². The number of aryl methyl sites for hydroxylation is 1. The molecule has 1 heterocycles. The largest absolute Gasteiger partial charge is 0.478 e. The number of hydrogen-bond acceptors (Lipinski definition) is 5. The molecule has 0 aromatic heterocycles. The second-order valence-corrected chi connectivity index (χ2v) is 9.03. The molecule has 1 aromatic carbocycles. The first kappa shape index (κ1) is 16.7. The number of benzene rings is 1. The van der Waals surface area contributed by atoms with Gasteiger partial charge in [0.1, 0.15) is 0 Å². The van der Waals surface area contributed by atoms with Crippen molar-refractivity contribution in [1.29, 1.82) is 0 Å². The summed E-state index contributed by atoms with van der Waals surface area (Å²) in [6, 6.07) is 4.17. The number of aromatic carboxylic acids is 1. The van der Waals surface area contributed by atoms with Crippen LogP contribution in [0.15, 0.2) is 23.1 Å². The molecule has 1 saturated heterocycles. The quantitative estimate of drug-likeness (QED) is 0.845. The van der Waals surface area contributed by atoms with Crippen molar-refractivity contribution in [2.75, 3.05) is 23.8 Å². The van der Waals surface area contributed by atoms with E-state index in [2.05, 4.69) is 4.72 Å². The Hall–Kier alpha value is -0.700. The van der Waals surface area contributed by atoms with Gasteiger partial charge in [0.2, 0.25) is 10.0 Å². The maximum Gasteiger partial charge on any atom is 0.335 e. The van der Waals surface area contributed by atoms with Gasteiger partial charge in [-0.2, -0.15) is 23.5 Å². The summed E-state index contributed by atoms with van der Waals surface area (Å²) in [5.74, 6) is 1.95. The summed E-state index contributed by atoms with van der Waals surface area (Å²) in [7, 11) is -3.67.